The summed E-state index contributed by atoms with van der Waals surface area (Å²) < 4.78 is 24.5. The highest BCUT2D eigenvalue weighted by molar-refractivity contribution is 5.16. The van der Waals surface area contributed by atoms with E-state index in [2.05, 4.69) is 26.0 Å². The summed E-state index contributed by atoms with van der Waals surface area (Å²) in [6.45, 7) is 8.64. The molecule has 0 atom stereocenters. The van der Waals surface area contributed by atoms with Crippen molar-refractivity contribution in [3.05, 3.63) is 35.9 Å². The van der Waals surface area contributed by atoms with Gasteiger partial charge < -0.3 is 18.9 Å². The van der Waals surface area contributed by atoms with Gasteiger partial charge in [-0.2, -0.15) is 0 Å². The van der Waals surface area contributed by atoms with Gasteiger partial charge in [-0.1, -0.05) is 108 Å². The average molecular weight is 449 g/mol. The molecule has 0 unspecified atom stereocenters. The number of hydrogen-bond acceptors (Lipinski definition) is 4. The molecular weight excluding hydrogens is 400 g/mol. The van der Waals surface area contributed by atoms with E-state index in [1.54, 1.807) is 0 Å². The van der Waals surface area contributed by atoms with Crippen molar-refractivity contribution in [3.63, 3.8) is 0 Å². The third-order valence-corrected chi connectivity index (χ3v) is 6.25. The molecule has 0 aliphatic carbocycles. The van der Waals surface area contributed by atoms with Gasteiger partial charge >= 0.3 is 0 Å². The highest BCUT2D eigenvalue weighted by atomic mass is 16.7. The summed E-state index contributed by atoms with van der Waals surface area (Å²) in [6.07, 6.45) is 15.1. The summed E-state index contributed by atoms with van der Waals surface area (Å²) >= 11 is 0. The maximum absolute atomic E-state index is 6.14. The van der Waals surface area contributed by atoms with Crippen LogP contribution in [-0.4, -0.2) is 39.6 Å². The number of benzene rings is 1. The van der Waals surface area contributed by atoms with Crippen LogP contribution in [0.1, 0.15) is 103 Å². The maximum atomic E-state index is 6.14. The van der Waals surface area contributed by atoms with E-state index in [1.807, 2.05) is 18.2 Å². The molecule has 0 spiro atoms. The van der Waals surface area contributed by atoms with Crippen molar-refractivity contribution in [1.29, 1.82) is 0 Å². The van der Waals surface area contributed by atoms with Gasteiger partial charge in [0.15, 0.2) is 6.29 Å². The Hall–Kier alpha value is -0.940. The fourth-order valence-electron chi connectivity index (χ4n) is 4.15. The van der Waals surface area contributed by atoms with Gasteiger partial charge in [0.1, 0.15) is 0 Å². The molecular formula is C28H48O4. The Kier molecular flexibility index (Phi) is 15.0. The Bertz CT molecular complexity index is 518. The second-order valence-electron chi connectivity index (χ2n) is 9.51. The standard InChI is InChI=1S/C28H48O4/c1-3-5-7-9-11-16-20-29-22-28(23-30-21-17-12-10-8-6-4-2)24-31-27(32-25-28)26-18-14-13-15-19-26/h13-15,18-19,27H,3-12,16-17,20-25H2,1-2H3. The van der Waals surface area contributed by atoms with Crippen molar-refractivity contribution < 1.29 is 18.9 Å². The molecule has 184 valence electrons. The maximum Gasteiger partial charge on any atom is 0.183 e. The Morgan fingerprint density at radius 1 is 0.688 bits per heavy atom. The summed E-state index contributed by atoms with van der Waals surface area (Å²) in [4.78, 5) is 0. The number of hydrogen-bond donors (Lipinski definition) is 0. The molecule has 1 heterocycles. The fourth-order valence-corrected chi connectivity index (χ4v) is 4.15. The number of unbranched alkanes of at least 4 members (excludes halogenated alkanes) is 10. The van der Waals surface area contributed by atoms with E-state index in [4.69, 9.17) is 18.9 Å². The largest absolute Gasteiger partial charge is 0.381 e. The minimum absolute atomic E-state index is 0.213. The van der Waals surface area contributed by atoms with E-state index in [9.17, 15) is 0 Å². The normalized spacial score (nSPS) is 16.4. The van der Waals surface area contributed by atoms with Crippen molar-refractivity contribution in [3.8, 4) is 0 Å². The van der Waals surface area contributed by atoms with Crippen LogP contribution in [0.5, 0.6) is 0 Å². The number of rotatable bonds is 19. The lowest BCUT2D eigenvalue weighted by atomic mass is 9.91. The second-order valence-corrected chi connectivity index (χ2v) is 9.51. The van der Waals surface area contributed by atoms with Gasteiger partial charge in [0, 0.05) is 18.8 Å². The van der Waals surface area contributed by atoms with Crippen LogP contribution in [0.25, 0.3) is 0 Å². The lowest BCUT2D eigenvalue weighted by Crippen LogP contribution is -2.46. The molecule has 4 heteroatoms. The van der Waals surface area contributed by atoms with Crippen molar-refractivity contribution in [2.45, 2.75) is 97.2 Å². The van der Waals surface area contributed by atoms with Crippen LogP contribution in [0.15, 0.2) is 30.3 Å². The smallest absolute Gasteiger partial charge is 0.183 e. The average Bonchev–Trinajstić information content (AvgIpc) is 2.83. The zero-order valence-electron chi connectivity index (χ0n) is 20.8. The van der Waals surface area contributed by atoms with Crippen LogP contribution < -0.4 is 0 Å². The van der Waals surface area contributed by atoms with Crippen molar-refractivity contribution in [2.75, 3.05) is 39.6 Å². The summed E-state index contributed by atoms with van der Waals surface area (Å²) in [5.41, 5.74) is 0.859. The molecule has 2 rings (SSSR count). The molecule has 0 radical (unpaired) electrons. The van der Waals surface area contributed by atoms with Crippen LogP contribution in [0.4, 0.5) is 0 Å². The third-order valence-electron chi connectivity index (χ3n) is 6.25. The molecule has 1 saturated heterocycles. The van der Waals surface area contributed by atoms with E-state index in [1.165, 1.54) is 64.2 Å². The lowest BCUT2D eigenvalue weighted by molar-refractivity contribution is -0.254. The molecule has 1 fully saturated rings. The molecule has 0 amide bonds. The first-order valence-electron chi connectivity index (χ1n) is 13.2. The zero-order valence-corrected chi connectivity index (χ0v) is 20.8. The molecule has 0 aromatic heterocycles. The van der Waals surface area contributed by atoms with Crippen molar-refractivity contribution in [2.24, 2.45) is 5.41 Å². The highest BCUT2D eigenvalue weighted by Gasteiger charge is 2.38. The number of ether oxygens (including phenoxy) is 4. The Morgan fingerprint density at radius 3 is 1.66 bits per heavy atom. The van der Waals surface area contributed by atoms with E-state index >= 15 is 0 Å². The van der Waals surface area contributed by atoms with Crippen LogP contribution in [0.2, 0.25) is 0 Å². The van der Waals surface area contributed by atoms with Gasteiger partial charge in [-0.15, -0.1) is 0 Å². The molecule has 32 heavy (non-hydrogen) atoms. The highest BCUT2D eigenvalue weighted by Crippen LogP contribution is 2.32. The van der Waals surface area contributed by atoms with Gasteiger partial charge in [0.05, 0.1) is 31.8 Å². The van der Waals surface area contributed by atoms with Crippen molar-refractivity contribution >= 4 is 0 Å². The Labute approximate surface area is 197 Å². The van der Waals surface area contributed by atoms with E-state index < -0.39 is 0 Å². The summed E-state index contributed by atoms with van der Waals surface area (Å²) in [7, 11) is 0. The predicted molar refractivity (Wildman–Crippen MR) is 132 cm³/mol. The third kappa shape index (κ3) is 11.3. The topological polar surface area (TPSA) is 36.9 Å². The first-order chi connectivity index (χ1) is 15.8. The van der Waals surface area contributed by atoms with Gasteiger partial charge in [0.2, 0.25) is 0 Å². The fraction of sp³-hybridized carbons (Fsp3) is 0.786. The van der Waals surface area contributed by atoms with Crippen LogP contribution >= 0.6 is 0 Å². The van der Waals surface area contributed by atoms with Gasteiger partial charge in [-0.25, -0.2) is 0 Å². The first-order valence-corrected chi connectivity index (χ1v) is 13.2. The van der Waals surface area contributed by atoms with Gasteiger partial charge in [0.25, 0.3) is 0 Å². The van der Waals surface area contributed by atoms with Gasteiger partial charge in [-0.3, -0.25) is 0 Å². The minimum atomic E-state index is -0.290. The minimum Gasteiger partial charge on any atom is -0.381 e. The Morgan fingerprint density at radius 2 is 1.16 bits per heavy atom. The molecule has 1 aliphatic rings. The lowest BCUT2D eigenvalue weighted by Gasteiger charge is -2.39. The molecule has 0 N–H and O–H groups in total. The summed E-state index contributed by atoms with van der Waals surface area (Å²) in [5, 5.41) is 0. The van der Waals surface area contributed by atoms with E-state index in [0.29, 0.717) is 26.4 Å². The molecule has 4 nitrogen and oxygen atoms in total. The monoisotopic (exact) mass is 448 g/mol. The van der Waals surface area contributed by atoms with E-state index in [-0.39, 0.29) is 11.7 Å². The summed E-state index contributed by atoms with van der Waals surface area (Å²) in [5.74, 6) is 0. The second kappa shape index (κ2) is 17.5. The molecule has 1 aromatic carbocycles. The summed E-state index contributed by atoms with van der Waals surface area (Å²) in [6, 6.07) is 10.2. The van der Waals surface area contributed by atoms with Crippen LogP contribution in [0.3, 0.4) is 0 Å². The molecule has 1 aromatic rings. The first kappa shape index (κ1) is 27.3. The molecule has 1 aliphatic heterocycles. The van der Waals surface area contributed by atoms with Crippen LogP contribution in [-0.2, 0) is 18.9 Å². The van der Waals surface area contributed by atoms with Gasteiger partial charge in [-0.05, 0) is 12.8 Å². The van der Waals surface area contributed by atoms with Crippen LogP contribution in [0, 0.1) is 5.41 Å². The van der Waals surface area contributed by atoms with E-state index in [0.717, 1.165) is 31.6 Å². The quantitative estimate of drug-likeness (QED) is 0.206. The zero-order chi connectivity index (χ0) is 22.7. The Balaban J connectivity index is 1.71. The predicted octanol–water partition coefficient (Wildman–Crippen LogP) is 7.47. The molecule has 0 bridgehead atoms. The molecule has 0 saturated carbocycles. The SMILES string of the molecule is CCCCCCCCOCC1(COCCCCCCCC)COC(c2ccccc2)OC1. The van der Waals surface area contributed by atoms with Crippen molar-refractivity contribution in [1.82, 2.24) is 0 Å².